The van der Waals surface area contributed by atoms with E-state index in [9.17, 15) is 18.4 Å². The number of amides is 1. The number of aryl methyl sites for hydroxylation is 1. The fourth-order valence-electron chi connectivity index (χ4n) is 3.14. The van der Waals surface area contributed by atoms with Crippen LogP contribution in [0.2, 0.25) is 0 Å². The van der Waals surface area contributed by atoms with Crippen molar-refractivity contribution in [3.8, 4) is 0 Å². The Morgan fingerprint density at radius 1 is 1.07 bits per heavy atom. The summed E-state index contributed by atoms with van der Waals surface area (Å²) in [6.07, 6.45) is 6.28. The molecule has 1 amide bonds. The Morgan fingerprint density at radius 2 is 1.70 bits per heavy atom. The zero-order valence-electron chi connectivity index (χ0n) is 15.2. The molecule has 0 spiro atoms. The number of rotatable bonds is 4. The van der Waals surface area contributed by atoms with Crippen LogP contribution in [0.1, 0.15) is 41.6 Å². The SMILES string of the molecule is Cc1ccc(NC(=O)c2cc[n+]([O-])cc2)cc1S(=O)(=O)N1CCCCCC1. The molecule has 1 aromatic carbocycles. The van der Waals surface area contributed by atoms with E-state index in [0.717, 1.165) is 25.7 Å². The van der Waals surface area contributed by atoms with E-state index in [1.165, 1.54) is 34.9 Å². The lowest BCUT2D eigenvalue weighted by atomic mass is 10.2. The Morgan fingerprint density at radius 3 is 2.33 bits per heavy atom. The van der Waals surface area contributed by atoms with Gasteiger partial charge in [0.1, 0.15) is 0 Å². The van der Waals surface area contributed by atoms with Crippen molar-refractivity contribution < 1.29 is 17.9 Å². The zero-order chi connectivity index (χ0) is 19.4. The van der Waals surface area contributed by atoms with Gasteiger partial charge in [0.05, 0.1) is 10.5 Å². The van der Waals surface area contributed by atoms with Gasteiger partial charge in [-0.05, 0) is 37.5 Å². The molecule has 7 nitrogen and oxygen atoms in total. The third-order valence-corrected chi connectivity index (χ3v) is 6.73. The lowest BCUT2D eigenvalue weighted by Crippen LogP contribution is -2.32. The first-order valence-electron chi connectivity index (χ1n) is 8.99. The molecule has 0 radical (unpaired) electrons. The molecule has 8 heteroatoms. The van der Waals surface area contributed by atoms with E-state index in [0.29, 0.717) is 34.6 Å². The van der Waals surface area contributed by atoms with E-state index in [1.54, 1.807) is 19.1 Å². The number of anilines is 1. The monoisotopic (exact) mass is 389 g/mol. The van der Waals surface area contributed by atoms with E-state index < -0.39 is 15.9 Å². The summed E-state index contributed by atoms with van der Waals surface area (Å²) in [7, 11) is -3.61. The van der Waals surface area contributed by atoms with Crippen LogP contribution in [0.25, 0.3) is 0 Å². The summed E-state index contributed by atoms with van der Waals surface area (Å²) in [5.74, 6) is -0.405. The minimum Gasteiger partial charge on any atom is -0.619 e. The summed E-state index contributed by atoms with van der Waals surface area (Å²) in [5.41, 5.74) is 1.36. The second kappa shape index (κ2) is 8.06. The van der Waals surface area contributed by atoms with Crippen LogP contribution in [-0.4, -0.2) is 31.7 Å². The maximum absolute atomic E-state index is 13.1. The average Bonchev–Trinajstić information content (AvgIpc) is 2.93. The molecule has 1 fully saturated rings. The molecule has 2 heterocycles. The predicted molar refractivity (Wildman–Crippen MR) is 102 cm³/mol. The minimum absolute atomic E-state index is 0.215. The molecule has 27 heavy (non-hydrogen) atoms. The second-order valence-electron chi connectivity index (χ2n) is 6.70. The molecule has 2 aromatic rings. The van der Waals surface area contributed by atoms with Gasteiger partial charge in [0, 0.05) is 30.9 Å². The third-order valence-electron chi connectivity index (χ3n) is 4.69. The van der Waals surface area contributed by atoms with Gasteiger partial charge in [-0.1, -0.05) is 18.9 Å². The molecule has 1 aliphatic rings. The molecule has 0 atom stereocenters. The number of aromatic nitrogens is 1. The maximum atomic E-state index is 13.1. The highest BCUT2D eigenvalue weighted by atomic mass is 32.2. The highest BCUT2D eigenvalue weighted by Gasteiger charge is 2.27. The fraction of sp³-hybridized carbons (Fsp3) is 0.368. The van der Waals surface area contributed by atoms with Crippen molar-refractivity contribution in [2.75, 3.05) is 18.4 Å². The quantitative estimate of drug-likeness (QED) is 0.642. The normalized spacial score (nSPS) is 15.9. The van der Waals surface area contributed by atoms with Crippen LogP contribution in [-0.2, 0) is 10.0 Å². The van der Waals surface area contributed by atoms with Crippen molar-refractivity contribution in [2.24, 2.45) is 0 Å². The van der Waals surface area contributed by atoms with Crippen LogP contribution in [0.3, 0.4) is 0 Å². The summed E-state index contributed by atoms with van der Waals surface area (Å²) < 4.78 is 28.3. The molecule has 0 bridgehead atoms. The molecular formula is C19H23N3O4S. The summed E-state index contributed by atoms with van der Waals surface area (Å²) in [6.45, 7) is 2.80. The highest BCUT2D eigenvalue weighted by Crippen LogP contribution is 2.26. The van der Waals surface area contributed by atoms with Crippen molar-refractivity contribution in [1.29, 1.82) is 0 Å². The van der Waals surface area contributed by atoms with Gasteiger partial charge in [-0.25, -0.2) is 8.42 Å². The van der Waals surface area contributed by atoms with Crippen LogP contribution in [0.5, 0.6) is 0 Å². The topological polar surface area (TPSA) is 93.4 Å². The Hall–Kier alpha value is -2.45. The van der Waals surface area contributed by atoms with Gasteiger partial charge < -0.3 is 10.5 Å². The van der Waals surface area contributed by atoms with Crippen LogP contribution >= 0.6 is 0 Å². The number of sulfonamides is 1. The molecule has 1 aliphatic heterocycles. The predicted octanol–water partition coefficient (Wildman–Crippen LogP) is 2.45. The zero-order valence-corrected chi connectivity index (χ0v) is 16.0. The molecule has 3 rings (SSSR count). The Bertz CT molecular complexity index is 918. The van der Waals surface area contributed by atoms with Crippen molar-refractivity contribution in [3.05, 3.63) is 59.1 Å². The van der Waals surface area contributed by atoms with Crippen LogP contribution < -0.4 is 10.0 Å². The van der Waals surface area contributed by atoms with Crippen molar-refractivity contribution in [1.82, 2.24) is 4.31 Å². The van der Waals surface area contributed by atoms with Gasteiger partial charge in [0.25, 0.3) is 5.91 Å². The lowest BCUT2D eigenvalue weighted by molar-refractivity contribution is -0.605. The molecule has 0 aliphatic carbocycles. The first-order valence-corrected chi connectivity index (χ1v) is 10.4. The number of pyridine rings is 1. The van der Waals surface area contributed by atoms with Crippen LogP contribution in [0, 0.1) is 12.1 Å². The number of carbonyl (C=O) groups excluding carboxylic acids is 1. The number of carbonyl (C=O) groups is 1. The van der Waals surface area contributed by atoms with Gasteiger partial charge >= 0.3 is 0 Å². The standard InChI is InChI=1S/C19H23N3O4S/c1-15-6-7-17(20-19(23)16-8-12-21(24)13-9-16)14-18(15)27(25,26)22-10-4-2-3-5-11-22/h6-9,12-14H,2-5,10-11H2,1H3,(H,20,23). The number of benzene rings is 1. The van der Waals surface area contributed by atoms with Crippen LogP contribution in [0.15, 0.2) is 47.6 Å². The van der Waals surface area contributed by atoms with Gasteiger partial charge in [0.2, 0.25) is 10.0 Å². The van der Waals surface area contributed by atoms with Gasteiger partial charge in [0.15, 0.2) is 12.4 Å². The van der Waals surface area contributed by atoms with Gasteiger partial charge in [-0.15, -0.1) is 0 Å². The highest BCUT2D eigenvalue weighted by molar-refractivity contribution is 7.89. The minimum atomic E-state index is -3.61. The van der Waals surface area contributed by atoms with E-state index in [4.69, 9.17) is 0 Å². The summed E-state index contributed by atoms with van der Waals surface area (Å²) >= 11 is 0. The Kier molecular flexibility index (Phi) is 5.76. The Balaban J connectivity index is 1.85. The molecular weight excluding hydrogens is 366 g/mol. The summed E-state index contributed by atoms with van der Waals surface area (Å²) in [6, 6.07) is 7.68. The van der Waals surface area contributed by atoms with E-state index in [-0.39, 0.29) is 4.90 Å². The van der Waals surface area contributed by atoms with Gasteiger partial charge in [-0.3, -0.25) is 4.79 Å². The number of hydrogen-bond acceptors (Lipinski definition) is 4. The number of hydrogen-bond donors (Lipinski definition) is 1. The number of nitrogens with zero attached hydrogens (tertiary/aromatic N) is 2. The van der Waals surface area contributed by atoms with Crippen molar-refractivity contribution >= 4 is 21.6 Å². The average molecular weight is 389 g/mol. The fourth-order valence-corrected chi connectivity index (χ4v) is 4.91. The molecule has 1 saturated heterocycles. The largest absolute Gasteiger partial charge is 0.619 e. The molecule has 0 saturated carbocycles. The third kappa shape index (κ3) is 4.45. The molecule has 144 valence electrons. The summed E-state index contributed by atoms with van der Waals surface area (Å²) in [5, 5.41) is 13.8. The van der Waals surface area contributed by atoms with Crippen molar-refractivity contribution in [3.63, 3.8) is 0 Å². The van der Waals surface area contributed by atoms with Crippen molar-refractivity contribution in [2.45, 2.75) is 37.5 Å². The van der Waals surface area contributed by atoms with Crippen LogP contribution in [0.4, 0.5) is 5.69 Å². The summed E-state index contributed by atoms with van der Waals surface area (Å²) in [4.78, 5) is 12.6. The molecule has 0 unspecified atom stereocenters. The molecule has 1 aromatic heterocycles. The second-order valence-corrected chi connectivity index (χ2v) is 8.61. The first kappa shape index (κ1) is 19.3. The van der Waals surface area contributed by atoms with E-state index in [2.05, 4.69) is 5.32 Å². The Labute approximate surface area is 159 Å². The molecule has 1 N–H and O–H groups in total. The van der Waals surface area contributed by atoms with E-state index in [1.807, 2.05) is 0 Å². The smallest absolute Gasteiger partial charge is 0.256 e. The lowest BCUT2D eigenvalue weighted by Gasteiger charge is -2.21. The van der Waals surface area contributed by atoms with E-state index >= 15 is 0 Å². The first-order chi connectivity index (χ1) is 12.9. The number of nitrogens with one attached hydrogen (secondary N) is 1. The maximum Gasteiger partial charge on any atom is 0.256 e. The van der Waals surface area contributed by atoms with Gasteiger partial charge in [-0.2, -0.15) is 9.04 Å².